The molecule has 2 aromatic carbocycles. The van der Waals surface area contributed by atoms with Crippen LogP contribution in [-0.2, 0) is 6.42 Å². The molecule has 0 spiro atoms. The molecule has 1 radical (unpaired) electrons. The molecule has 5 heteroatoms. The van der Waals surface area contributed by atoms with Crippen molar-refractivity contribution in [3.05, 3.63) is 72.6 Å². The van der Waals surface area contributed by atoms with Crippen molar-refractivity contribution < 1.29 is 9.84 Å². The van der Waals surface area contributed by atoms with Crippen LogP contribution in [0, 0.1) is 6.92 Å². The number of ether oxygens (including phenoxy) is 1. The van der Waals surface area contributed by atoms with Gasteiger partial charge in [0.25, 0.3) is 0 Å². The van der Waals surface area contributed by atoms with Gasteiger partial charge in [-0.25, -0.2) is 0 Å². The molecule has 5 nitrogen and oxygen atoms in total. The molecule has 1 aromatic heterocycles. The maximum Gasteiger partial charge on any atom is 0.188 e. The Hall–Kier alpha value is -3.08. The van der Waals surface area contributed by atoms with E-state index in [2.05, 4.69) is 17.1 Å². The van der Waals surface area contributed by atoms with Gasteiger partial charge < -0.3 is 15.6 Å². The van der Waals surface area contributed by atoms with E-state index >= 15 is 0 Å². The maximum atomic E-state index is 9.93. The lowest BCUT2D eigenvalue weighted by Crippen LogP contribution is -2.06. The number of anilines is 1. The van der Waals surface area contributed by atoms with Crippen LogP contribution < -0.4 is 10.5 Å². The van der Waals surface area contributed by atoms with Crippen LogP contribution in [0.3, 0.4) is 0 Å². The van der Waals surface area contributed by atoms with Crippen LogP contribution >= 0.6 is 0 Å². The molecule has 3 rings (SSSR count). The summed E-state index contributed by atoms with van der Waals surface area (Å²) in [7, 11) is 0. The molecular weight excluding hydrogens is 302 g/mol. The Morgan fingerprint density at radius 2 is 1.79 bits per heavy atom. The monoisotopic (exact) mass is 320 g/mol. The molecule has 24 heavy (non-hydrogen) atoms. The quantitative estimate of drug-likeness (QED) is 0.754. The Bertz CT molecular complexity index is 832. The first kappa shape index (κ1) is 15.8. The van der Waals surface area contributed by atoms with E-state index in [0.717, 1.165) is 17.5 Å². The van der Waals surface area contributed by atoms with Gasteiger partial charge in [-0.15, -0.1) is 10.2 Å². The normalized spacial score (nSPS) is 10.5. The third kappa shape index (κ3) is 3.63. The highest BCUT2D eigenvalue weighted by molar-refractivity contribution is 5.68. The molecule has 0 fully saturated rings. The van der Waals surface area contributed by atoms with Crippen molar-refractivity contribution in [2.45, 2.75) is 6.42 Å². The van der Waals surface area contributed by atoms with Crippen molar-refractivity contribution in [2.75, 3.05) is 12.3 Å². The zero-order valence-electron chi connectivity index (χ0n) is 13.1. The fourth-order valence-corrected chi connectivity index (χ4v) is 2.31. The fraction of sp³-hybridized carbons (Fsp3) is 0.105. The number of nitrogens with zero attached hydrogens (tertiary/aromatic N) is 2. The van der Waals surface area contributed by atoms with Crippen molar-refractivity contribution in [3.63, 3.8) is 0 Å². The first-order valence-electron chi connectivity index (χ1n) is 7.59. The molecule has 0 saturated carbocycles. The topological polar surface area (TPSA) is 81.3 Å². The molecular formula is C19H18N3O2. The molecule has 121 valence electrons. The number of hydrogen-bond acceptors (Lipinski definition) is 5. The molecule has 0 aliphatic carbocycles. The minimum absolute atomic E-state index is 0.135. The predicted octanol–water partition coefficient (Wildman–Crippen LogP) is 3.24. The first-order valence-corrected chi connectivity index (χ1v) is 7.59. The number of aromatic nitrogens is 2. The van der Waals surface area contributed by atoms with Gasteiger partial charge in [0, 0.05) is 18.1 Å². The van der Waals surface area contributed by atoms with Crippen molar-refractivity contribution in [1.82, 2.24) is 10.2 Å². The summed E-state index contributed by atoms with van der Waals surface area (Å²) < 4.78 is 5.75. The molecule has 0 atom stereocenters. The maximum absolute atomic E-state index is 9.93. The number of nitrogens with two attached hydrogens (primary N) is 1. The van der Waals surface area contributed by atoms with Gasteiger partial charge in [-0.3, -0.25) is 0 Å². The molecule has 1 heterocycles. The van der Waals surface area contributed by atoms with Crippen LogP contribution in [0.1, 0.15) is 11.1 Å². The summed E-state index contributed by atoms with van der Waals surface area (Å²) in [5.41, 5.74) is 9.07. The number of hydrogen-bond donors (Lipinski definition) is 2. The fourth-order valence-electron chi connectivity index (χ4n) is 2.31. The van der Waals surface area contributed by atoms with Crippen molar-refractivity contribution in [3.8, 4) is 22.8 Å². The summed E-state index contributed by atoms with van der Waals surface area (Å²) in [4.78, 5) is 0. The molecule has 0 aliphatic heterocycles. The van der Waals surface area contributed by atoms with E-state index in [1.54, 1.807) is 24.3 Å². The predicted molar refractivity (Wildman–Crippen MR) is 93.6 cm³/mol. The van der Waals surface area contributed by atoms with Gasteiger partial charge >= 0.3 is 0 Å². The summed E-state index contributed by atoms with van der Waals surface area (Å²) in [6.07, 6.45) is 0.744. The van der Waals surface area contributed by atoms with E-state index in [9.17, 15) is 5.11 Å². The highest BCUT2D eigenvalue weighted by Gasteiger charge is 2.10. The second-order valence-corrected chi connectivity index (χ2v) is 5.41. The molecule has 0 saturated heterocycles. The average Bonchev–Trinajstić information content (AvgIpc) is 2.59. The number of para-hydroxylation sites is 1. The zero-order chi connectivity index (χ0) is 16.9. The summed E-state index contributed by atoms with van der Waals surface area (Å²) >= 11 is 0. The summed E-state index contributed by atoms with van der Waals surface area (Å²) in [5, 5.41) is 17.9. The first-order chi connectivity index (χ1) is 11.6. The Kier molecular flexibility index (Phi) is 4.61. The SMILES string of the molecule is [CH2]c1ccc(CCOc2cc(-c3ccccc3O)nnc2N)cc1. The number of phenols is 1. The lowest BCUT2D eigenvalue weighted by atomic mass is 10.1. The molecule has 0 aliphatic rings. The lowest BCUT2D eigenvalue weighted by molar-refractivity contribution is 0.322. The van der Waals surface area contributed by atoms with E-state index in [4.69, 9.17) is 10.5 Å². The second-order valence-electron chi connectivity index (χ2n) is 5.41. The molecule has 3 aromatic rings. The Labute approximate surface area is 140 Å². The van der Waals surface area contributed by atoms with Crippen LogP contribution in [-0.4, -0.2) is 21.9 Å². The van der Waals surface area contributed by atoms with E-state index in [0.29, 0.717) is 23.6 Å². The smallest absolute Gasteiger partial charge is 0.188 e. The minimum Gasteiger partial charge on any atom is -0.507 e. The third-order valence-electron chi connectivity index (χ3n) is 3.64. The largest absolute Gasteiger partial charge is 0.507 e. The molecule has 0 unspecified atom stereocenters. The summed E-state index contributed by atoms with van der Waals surface area (Å²) in [6.45, 7) is 4.33. The second kappa shape index (κ2) is 7.00. The number of rotatable bonds is 5. The van der Waals surface area contributed by atoms with E-state index in [1.807, 2.05) is 30.3 Å². The van der Waals surface area contributed by atoms with Gasteiger partial charge in [-0.2, -0.15) is 0 Å². The Balaban J connectivity index is 1.72. The van der Waals surface area contributed by atoms with Gasteiger partial charge in [0.1, 0.15) is 11.4 Å². The van der Waals surface area contributed by atoms with Crippen LogP contribution in [0.15, 0.2) is 54.6 Å². The van der Waals surface area contributed by atoms with Crippen molar-refractivity contribution in [1.29, 1.82) is 0 Å². The van der Waals surface area contributed by atoms with Crippen LogP contribution in [0.5, 0.6) is 11.5 Å². The Morgan fingerprint density at radius 3 is 2.54 bits per heavy atom. The summed E-state index contributed by atoms with van der Waals surface area (Å²) in [6, 6.07) is 16.6. The highest BCUT2D eigenvalue weighted by atomic mass is 16.5. The van der Waals surface area contributed by atoms with Crippen LogP contribution in [0.4, 0.5) is 5.82 Å². The molecule has 0 amide bonds. The zero-order valence-corrected chi connectivity index (χ0v) is 13.1. The number of phenolic OH excluding ortho intramolecular Hbond substituents is 1. The van der Waals surface area contributed by atoms with Crippen LogP contribution in [0.25, 0.3) is 11.3 Å². The average molecular weight is 320 g/mol. The van der Waals surface area contributed by atoms with Crippen LogP contribution in [0.2, 0.25) is 0 Å². The Morgan fingerprint density at radius 1 is 1.04 bits per heavy atom. The minimum atomic E-state index is 0.135. The molecule has 3 N–H and O–H groups in total. The van der Waals surface area contributed by atoms with Gasteiger partial charge in [-0.05, 0) is 30.2 Å². The number of benzene rings is 2. The third-order valence-corrected chi connectivity index (χ3v) is 3.64. The molecule has 0 bridgehead atoms. The number of nitrogen functional groups attached to an aromatic ring is 1. The van der Waals surface area contributed by atoms with Crippen molar-refractivity contribution in [2.24, 2.45) is 0 Å². The van der Waals surface area contributed by atoms with E-state index in [1.165, 1.54) is 0 Å². The standard InChI is InChI=1S/C19H18N3O2/c1-13-6-8-14(9-7-13)10-11-24-18-12-16(21-22-19(18)20)15-4-2-3-5-17(15)23/h2-9,12,23H,1,10-11H2,(H2,20,22). The van der Waals surface area contributed by atoms with Gasteiger partial charge in [-0.1, -0.05) is 36.4 Å². The lowest BCUT2D eigenvalue weighted by Gasteiger charge is -2.10. The van der Waals surface area contributed by atoms with E-state index in [-0.39, 0.29) is 11.6 Å². The van der Waals surface area contributed by atoms with Gasteiger partial charge in [0.2, 0.25) is 0 Å². The van der Waals surface area contributed by atoms with Crippen molar-refractivity contribution >= 4 is 5.82 Å². The highest BCUT2D eigenvalue weighted by Crippen LogP contribution is 2.30. The number of aromatic hydroxyl groups is 1. The van der Waals surface area contributed by atoms with Gasteiger partial charge in [0.15, 0.2) is 11.6 Å². The van der Waals surface area contributed by atoms with E-state index < -0.39 is 0 Å². The van der Waals surface area contributed by atoms with Gasteiger partial charge in [0.05, 0.1) is 6.61 Å². The summed E-state index contributed by atoms with van der Waals surface area (Å²) in [5.74, 6) is 0.815.